The van der Waals surface area contributed by atoms with Crippen molar-refractivity contribution >= 4 is 33.4 Å². The van der Waals surface area contributed by atoms with E-state index >= 15 is 0 Å². The number of carbonyl (C=O) groups is 2. The van der Waals surface area contributed by atoms with Crippen LogP contribution in [-0.2, 0) is 14.3 Å². The number of amides is 1. The highest BCUT2D eigenvalue weighted by atomic mass is 79.9. The third-order valence-corrected chi connectivity index (χ3v) is 6.08. The van der Waals surface area contributed by atoms with Crippen molar-refractivity contribution in [3.05, 3.63) is 51.5 Å². The molecule has 2 aliphatic rings. The summed E-state index contributed by atoms with van der Waals surface area (Å²) < 4.78 is 21.8. The number of aliphatic hydroxyl groups excluding tert-OH is 1. The second kappa shape index (κ2) is 9.32. The molecular formula is C23H22BrNO8. The van der Waals surface area contributed by atoms with E-state index in [1.54, 1.807) is 24.3 Å². The van der Waals surface area contributed by atoms with E-state index in [4.69, 9.17) is 18.9 Å². The number of aromatic hydroxyl groups is 1. The average molecular weight is 520 g/mol. The number of benzene rings is 2. The Balaban J connectivity index is 1.88. The predicted molar refractivity (Wildman–Crippen MR) is 121 cm³/mol. The standard InChI is InChI=1S/C23H22BrNO8/c1-30-6-5-25-19(13-9-14(24)21(27)17(11-13)31-2)18(22(28)23(25)29)20(26)12-3-4-15-16(10-12)33-8-7-32-15/h3-4,9-11,19,26-27H,5-8H2,1-2H3/b20-18+/t19-/m0/s1. The van der Waals surface area contributed by atoms with E-state index in [1.807, 2.05) is 0 Å². The highest BCUT2D eigenvalue weighted by molar-refractivity contribution is 9.10. The van der Waals surface area contributed by atoms with Crippen LogP contribution in [-0.4, -0.2) is 67.4 Å². The minimum atomic E-state index is -0.931. The fraction of sp³-hybridized carbons (Fsp3) is 0.304. The summed E-state index contributed by atoms with van der Waals surface area (Å²) in [5.74, 6) is -0.950. The number of likely N-dealkylation sites (tertiary alicyclic amines) is 1. The van der Waals surface area contributed by atoms with Crippen molar-refractivity contribution in [2.24, 2.45) is 0 Å². The molecule has 0 spiro atoms. The van der Waals surface area contributed by atoms with Gasteiger partial charge in [0.15, 0.2) is 23.0 Å². The fourth-order valence-corrected chi connectivity index (χ4v) is 4.36. The van der Waals surface area contributed by atoms with Crippen molar-refractivity contribution in [3.63, 3.8) is 0 Å². The van der Waals surface area contributed by atoms with Crippen LogP contribution in [0.1, 0.15) is 17.2 Å². The first kappa shape index (κ1) is 22.9. The maximum atomic E-state index is 13.1. The summed E-state index contributed by atoms with van der Waals surface area (Å²) in [6.45, 7) is 1.08. The molecule has 174 valence electrons. The van der Waals surface area contributed by atoms with Gasteiger partial charge in [0.2, 0.25) is 0 Å². The van der Waals surface area contributed by atoms with Gasteiger partial charge in [-0.25, -0.2) is 0 Å². The molecule has 2 aliphatic heterocycles. The van der Waals surface area contributed by atoms with E-state index in [1.165, 1.54) is 25.2 Å². The highest BCUT2D eigenvalue weighted by Crippen LogP contribution is 2.44. The number of rotatable bonds is 6. The molecule has 9 nitrogen and oxygen atoms in total. The first-order chi connectivity index (χ1) is 15.9. The number of phenolic OH excluding ortho intramolecular Hbond substituents is 1. The number of carbonyl (C=O) groups excluding carboxylic acids is 2. The lowest BCUT2D eigenvalue weighted by Gasteiger charge is -2.26. The number of nitrogens with zero attached hydrogens (tertiary/aromatic N) is 1. The molecule has 4 rings (SSSR count). The van der Waals surface area contributed by atoms with Gasteiger partial charge >= 0.3 is 0 Å². The summed E-state index contributed by atoms with van der Waals surface area (Å²) in [6.07, 6.45) is 0. The number of halogens is 1. The van der Waals surface area contributed by atoms with Crippen LogP contribution >= 0.6 is 15.9 Å². The number of fused-ring (bicyclic) bond motifs is 1. The maximum absolute atomic E-state index is 13.1. The number of ether oxygens (including phenoxy) is 4. The zero-order valence-corrected chi connectivity index (χ0v) is 19.5. The third kappa shape index (κ3) is 4.11. The third-order valence-electron chi connectivity index (χ3n) is 5.48. The summed E-state index contributed by atoms with van der Waals surface area (Å²) >= 11 is 3.28. The van der Waals surface area contributed by atoms with E-state index in [-0.39, 0.29) is 36.0 Å². The Morgan fingerprint density at radius 3 is 2.58 bits per heavy atom. The van der Waals surface area contributed by atoms with Crippen LogP contribution in [0.15, 0.2) is 40.4 Å². The van der Waals surface area contributed by atoms with Crippen LogP contribution in [0.5, 0.6) is 23.0 Å². The summed E-state index contributed by atoms with van der Waals surface area (Å²) in [6, 6.07) is 6.96. The molecule has 0 bridgehead atoms. The van der Waals surface area contributed by atoms with Crippen molar-refractivity contribution in [2.75, 3.05) is 40.6 Å². The SMILES string of the molecule is COCCN1C(=O)C(=O)/C(=C(/O)c2ccc3c(c2)OCCO3)[C@@H]1c1cc(Br)c(O)c(OC)c1. The number of hydrogen-bond donors (Lipinski definition) is 2. The molecule has 0 aliphatic carbocycles. The van der Waals surface area contributed by atoms with E-state index < -0.39 is 17.7 Å². The molecule has 1 atom stereocenters. The minimum Gasteiger partial charge on any atom is -0.507 e. The van der Waals surface area contributed by atoms with Gasteiger partial charge in [-0.1, -0.05) is 0 Å². The molecule has 1 saturated heterocycles. The lowest BCUT2D eigenvalue weighted by molar-refractivity contribution is -0.140. The first-order valence-corrected chi connectivity index (χ1v) is 10.9. The number of phenols is 1. The van der Waals surface area contributed by atoms with Crippen molar-refractivity contribution in [3.8, 4) is 23.0 Å². The van der Waals surface area contributed by atoms with Crippen LogP contribution in [0.4, 0.5) is 0 Å². The highest BCUT2D eigenvalue weighted by Gasteiger charge is 2.46. The summed E-state index contributed by atoms with van der Waals surface area (Å²) in [5, 5.41) is 21.4. The predicted octanol–water partition coefficient (Wildman–Crippen LogP) is 3.00. The first-order valence-electron chi connectivity index (χ1n) is 10.1. The molecule has 0 saturated carbocycles. The molecule has 0 unspecified atom stereocenters. The largest absolute Gasteiger partial charge is 0.507 e. The number of hydrogen-bond acceptors (Lipinski definition) is 8. The molecule has 1 fully saturated rings. The van der Waals surface area contributed by atoms with Gasteiger partial charge in [0.05, 0.1) is 29.8 Å². The quantitative estimate of drug-likeness (QED) is 0.340. The Kier molecular flexibility index (Phi) is 6.48. The van der Waals surface area contributed by atoms with Crippen LogP contribution in [0.25, 0.3) is 5.76 Å². The molecule has 2 heterocycles. The monoisotopic (exact) mass is 519 g/mol. The normalized spacial score (nSPS) is 19.1. The van der Waals surface area contributed by atoms with Crippen LogP contribution in [0.2, 0.25) is 0 Å². The van der Waals surface area contributed by atoms with Crippen molar-refractivity contribution in [1.82, 2.24) is 4.90 Å². The Hall–Kier alpha value is -3.24. The molecule has 0 aromatic heterocycles. The van der Waals surface area contributed by atoms with E-state index in [0.29, 0.717) is 40.3 Å². The maximum Gasteiger partial charge on any atom is 0.295 e. The lowest BCUT2D eigenvalue weighted by Crippen LogP contribution is -2.32. The van der Waals surface area contributed by atoms with Crippen LogP contribution in [0.3, 0.4) is 0 Å². The molecule has 2 aromatic carbocycles. The van der Waals surface area contributed by atoms with Crippen LogP contribution in [0, 0.1) is 0 Å². The Bertz CT molecular complexity index is 1150. The lowest BCUT2D eigenvalue weighted by atomic mass is 9.95. The second-order valence-electron chi connectivity index (χ2n) is 7.40. The average Bonchev–Trinajstić information content (AvgIpc) is 3.08. The van der Waals surface area contributed by atoms with E-state index in [9.17, 15) is 19.8 Å². The van der Waals surface area contributed by atoms with Crippen LogP contribution < -0.4 is 14.2 Å². The summed E-state index contributed by atoms with van der Waals surface area (Å²) in [7, 11) is 2.88. The molecule has 10 heteroatoms. The van der Waals surface area contributed by atoms with Gasteiger partial charge in [0.25, 0.3) is 11.7 Å². The molecule has 1 amide bonds. The minimum absolute atomic E-state index is 0.0903. The summed E-state index contributed by atoms with van der Waals surface area (Å²) in [4.78, 5) is 27.3. The molecule has 0 radical (unpaired) electrons. The topological polar surface area (TPSA) is 115 Å². The van der Waals surface area contributed by atoms with Gasteiger partial charge < -0.3 is 34.1 Å². The van der Waals surface area contributed by atoms with Crippen molar-refractivity contribution < 1.29 is 38.7 Å². The van der Waals surface area contributed by atoms with Gasteiger partial charge in [-0.05, 0) is 51.8 Å². The Labute approximate surface area is 198 Å². The van der Waals surface area contributed by atoms with Gasteiger partial charge in [-0.3, -0.25) is 9.59 Å². The van der Waals surface area contributed by atoms with E-state index in [0.717, 1.165) is 0 Å². The number of methoxy groups -OCH3 is 2. The van der Waals surface area contributed by atoms with Gasteiger partial charge in [0.1, 0.15) is 19.0 Å². The summed E-state index contributed by atoms with van der Waals surface area (Å²) in [5.41, 5.74) is 0.678. The zero-order chi connectivity index (χ0) is 23.7. The van der Waals surface area contributed by atoms with Gasteiger partial charge in [-0.2, -0.15) is 0 Å². The molecular weight excluding hydrogens is 498 g/mol. The fourth-order valence-electron chi connectivity index (χ4n) is 3.90. The van der Waals surface area contributed by atoms with Gasteiger partial charge in [0, 0.05) is 19.2 Å². The number of aliphatic hydroxyl groups is 1. The zero-order valence-electron chi connectivity index (χ0n) is 18.0. The van der Waals surface area contributed by atoms with Crippen molar-refractivity contribution in [1.29, 1.82) is 0 Å². The van der Waals surface area contributed by atoms with Crippen molar-refractivity contribution in [2.45, 2.75) is 6.04 Å². The number of Topliss-reactive ketones (excluding diaryl/α,β-unsaturated/α-hetero) is 1. The second-order valence-corrected chi connectivity index (χ2v) is 8.25. The molecule has 2 aromatic rings. The number of ketones is 1. The van der Waals surface area contributed by atoms with E-state index in [2.05, 4.69) is 15.9 Å². The smallest absolute Gasteiger partial charge is 0.295 e. The molecule has 33 heavy (non-hydrogen) atoms. The molecule has 2 N–H and O–H groups in total. The Morgan fingerprint density at radius 2 is 1.88 bits per heavy atom. The Morgan fingerprint density at radius 1 is 1.15 bits per heavy atom. The van der Waals surface area contributed by atoms with Gasteiger partial charge in [-0.15, -0.1) is 0 Å².